The summed E-state index contributed by atoms with van der Waals surface area (Å²) in [6.45, 7) is 7.10. The number of benzene rings is 2. The summed E-state index contributed by atoms with van der Waals surface area (Å²) < 4.78 is 12.7. The van der Waals surface area contributed by atoms with Gasteiger partial charge in [-0.3, -0.25) is 4.90 Å². The topological polar surface area (TPSA) is 38.5 Å². The van der Waals surface area contributed by atoms with Crippen molar-refractivity contribution in [2.75, 3.05) is 13.1 Å². The standard InChI is InChI=1S/C20H21BrN2O2/c1-13-10-23(11-14(2)24-13)12-15-7-8-19-18(9-15)22-20(25-19)16-5-3-4-6-17(16)21/h3-9,13-14H,10-12H2,1-2H3/t13-,14-/m1/s1. The Morgan fingerprint density at radius 1 is 1.12 bits per heavy atom. The summed E-state index contributed by atoms with van der Waals surface area (Å²) in [5.41, 5.74) is 3.94. The number of halogens is 1. The van der Waals surface area contributed by atoms with Gasteiger partial charge in [-0.05, 0) is 59.6 Å². The molecule has 2 aromatic carbocycles. The largest absolute Gasteiger partial charge is 0.436 e. The Kier molecular flexibility index (Phi) is 4.63. The van der Waals surface area contributed by atoms with E-state index >= 15 is 0 Å². The summed E-state index contributed by atoms with van der Waals surface area (Å²) in [4.78, 5) is 7.13. The molecule has 25 heavy (non-hydrogen) atoms. The fraction of sp³-hybridized carbons (Fsp3) is 0.350. The number of ether oxygens (including phenoxy) is 1. The van der Waals surface area contributed by atoms with Gasteiger partial charge in [0.1, 0.15) is 5.52 Å². The van der Waals surface area contributed by atoms with Crippen molar-refractivity contribution in [2.45, 2.75) is 32.6 Å². The quantitative estimate of drug-likeness (QED) is 0.628. The highest BCUT2D eigenvalue weighted by atomic mass is 79.9. The second kappa shape index (κ2) is 6.90. The van der Waals surface area contributed by atoms with Crippen LogP contribution in [0, 0.1) is 0 Å². The van der Waals surface area contributed by atoms with Gasteiger partial charge in [-0.15, -0.1) is 0 Å². The number of rotatable bonds is 3. The minimum atomic E-state index is 0.279. The van der Waals surface area contributed by atoms with Crippen molar-refractivity contribution in [1.29, 1.82) is 0 Å². The van der Waals surface area contributed by atoms with Gasteiger partial charge in [-0.1, -0.05) is 18.2 Å². The summed E-state index contributed by atoms with van der Waals surface area (Å²) in [6, 6.07) is 14.2. The maximum Gasteiger partial charge on any atom is 0.228 e. The van der Waals surface area contributed by atoms with Crippen LogP contribution in [0.15, 0.2) is 51.4 Å². The summed E-state index contributed by atoms with van der Waals surface area (Å²) in [5, 5.41) is 0. The molecule has 2 heterocycles. The van der Waals surface area contributed by atoms with Crippen LogP contribution in [0.3, 0.4) is 0 Å². The molecule has 2 atom stereocenters. The number of hydrogen-bond acceptors (Lipinski definition) is 4. The van der Waals surface area contributed by atoms with Crippen molar-refractivity contribution in [3.8, 4) is 11.5 Å². The van der Waals surface area contributed by atoms with Crippen LogP contribution in [0.1, 0.15) is 19.4 Å². The molecular formula is C20H21BrN2O2. The third kappa shape index (κ3) is 3.64. The molecule has 1 aromatic heterocycles. The number of morpholine rings is 1. The van der Waals surface area contributed by atoms with Gasteiger partial charge in [-0.25, -0.2) is 4.98 Å². The Bertz CT molecular complexity index is 882. The van der Waals surface area contributed by atoms with Crippen LogP contribution in [0.5, 0.6) is 0 Å². The van der Waals surface area contributed by atoms with Crippen LogP contribution in [-0.2, 0) is 11.3 Å². The fourth-order valence-corrected chi connectivity index (χ4v) is 3.95. The Morgan fingerprint density at radius 2 is 1.88 bits per heavy atom. The van der Waals surface area contributed by atoms with Crippen LogP contribution in [0.25, 0.3) is 22.6 Å². The summed E-state index contributed by atoms with van der Waals surface area (Å²) >= 11 is 3.56. The number of oxazole rings is 1. The number of nitrogens with zero attached hydrogens (tertiary/aromatic N) is 2. The molecule has 4 nitrogen and oxygen atoms in total. The van der Waals surface area contributed by atoms with E-state index in [0.717, 1.165) is 40.8 Å². The van der Waals surface area contributed by atoms with Crippen molar-refractivity contribution in [2.24, 2.45) is 0 Å². The van der Waals surface area contributed by atoms with E-state index in [2.05, 4.69) is 51.8 Å². The number of fused-ring (bicyclic) bond motifs is 1. The molecule has 0 aliphatic carbocycles. The Hall–Kier alpha value is -1.69. The molecule has 5 heteroatoms. The van der Waals surface area contributed by atoms with Crippen molar-refractivity contribution in [3.63, 3.8) is 0 Å². The van der Waals surface area contributed by atoms with E-state index in [0.29, 0.717) is 5.89 Å². The molecule has 4 rings (SSSR count). The molecule has 0 amide bonds. The van der Waals surface area contributed by atoms with Crippen LogP contribution in [0.2, 0.25) is 0 Å². The van der Waals surface area contributed by atoms with E-state index in [9.17, 15) is 0 Å². The summed E-state index contributed by atoms with van der Waals surface area (Å²) in [7, 11) is 0. The monoisotopic (exact) mass is 400 g/mol. The lowest BCUT2D eigenvalue weighted by atomic mass is 10.1. The lowest BCUT2D eigenvalue weighted by molar-refractivity contribution is -0.0704. The van der Waals surface area contributed by atoms with Crippen LogP contribution in [0.4, 0.5) is 0 Å². The highest BCUT2D eigenvalue weighted by molar-refractivity contribution is 9.10. The smallest absolute Gasteiger partial charge is 0.228 e. The molecule has 0 spiro atoms. The average Bonchev–Trinajstić information content (AvgIpc) is 2.97. The molecule has 0 unspecified atom stereocenters. The van der Waals surface area contributed by atoms with Gasteiger partial charge < -0.3 is 9.15 Å². The van der Waals surface area contributed by atoms with Gasteiger partial charge in [0.2, 0.25) is 5.89 Å². The molecular weight excluding hydrogens is 380 g/mol. The summed E-state index contributed by atoms with van der Waals surface area (Å²) in [6.07, 6.45) is 0.558. The van der Waals surface area contributed by atoms with Gasteiger partial charge in [0.15, 0.2) is 5.58 Å². The van der Waals surface area contributed by atoms with Crippen molar-refractivity contribution >= 4 is 27.0 Å². The third-order valence-electron chi connectivity index (χ3n) is 4.46. The second-order valence-electron chi connectivity index (χ2n) is 6.75. The van der Waals surface area contributed by atoms with Crippen molar-refractivity contribution < 1.29 is 9.15 Å². The molecule has 1 fully saturated rings. The van der Waals surface area contributed by atoms with E-state index in [1.54, 1.807) is 0 Å². The molecule has 0 saturated carbocycles. The van der Waals surface area contributed by atoms with Gasteiger partial charge in [0.05, 0.1) is 17.8 Å². The molecule has 1 saturated heterocycles. The lowest BCUT2D eigenvalue weighted by Gasteiger charge is -2.35. The van der Waals surface area contributed by atoms with Crippen molar-refractivity contribution in [1.82, 2.24) is 9.88 Å². The SMILES string of the molecule is C[C@@H]1CN(Cc2ccc3oc(-c4ccccc4Br)nc3c2)C[C@@H](C)O1. The average molecular weight is 401 g/mol. The van der Waals surface area contributed by atoms with E-state index in [1.165, 1.54) is 5.56 Å². The van der Waals surface area contributed by atoms with E-state index in [1.807, 2.05) is 30.3 Å². The summed E-state index contributed by atoms with van der Waals surface area (Å²) in [5.74, 6) is 0.647. The van der Waals surface area contributed by atoms with Crippen LogP contribution < -0.4 is 0 Å². The molecule has 0 radical (unpaired) electrons. The predicted octanol–water partition coefficient (Wildman–Crippen LogP) is 4.87. The van der Waals surface area contributed by atoms with E-state index in [-0.39, 0.29) is 12.2 Å². The zero-order chi connectivity index (χ0) is 17.4. The highest BCUT2D eigenvalue weighted by Gasteiger charge is 2.22. The Labute approximate surface area is 155 Å². The first kappa shape index (κ1) is 16.8. The fourth-order valence-electron chi connectivity index (χ4n) is 3.49. The normalized spacial score (nSPS) is 21.7. The lowest BCUT2D eigenvalue weighted by Crippen LogP contribution is -2.44. The maximum atomic E-state index is 5.94. The van der Waals surface area contributed by atoms with Crippen molar-refractivity contribution in [3.05, 3.63) is 52.5 Å². The molecule has 1 aliphatic rings. The molecule has 3 aromatic rings. The molecule has 1 aliphatic heterocycles. The second-order valence-corrected chi connectivity index (χ2v) is 7.61. The van der Waals surface area contributed by atoms with E-state index < -0.39 is 0 Å². The minimum Gasteiger partial charge on any atom is -0.436 e. The molecule has 0 N–H and O–H groups in total. The van der Waals surface area contributed by atoms with Crippen LogP contribution >= 0.6 is 15.9 Å². The first-order valence-corrected chi connectivity index (χ1v) is 9.40. The Morgan fingerprint density at radius 3 is 2.64 bits per heavy atom. The zero-order valence-electron chi connectivity index (χ0n) is 14.4. The first-order valence-electron chi connectivity index (χ1n) is 8.60. The number of hydrogen-bond donors (Lipinski definition) is 0. The first-order chi connectivity index (χ1) is 12.1. The van der Waals surface area contributed by atoms with Gasteiger partial charge >= 0.3 is 0 Å². The number of aromatic nitrogens is 1. The highest BCUT2D eigenvalue weighted by Crippen LogP contribution is 2.30. The zero-order valence-corrected chi connectivity index (χ0v) is 16.0. The molecule has 0 bridgehead atoms. The maximum absolute atomic E-state index is 5.94. The van der Waals surface area contributed by atoms with Gasteiger partial charge in [0.25, 0.3) is 0 Å². The van der Waals surface area contributed by atoms with Gasteiger partial charge in [-0.2, -0.15) is 0 Å². The Balaban J connectivity index is 1.59. The minimum absolute atomic E-state index is 0.279. The molecule has 130 valence electrons. The van der Waals surface area contributed by atoms with Gasteiger partial charge in [0, 0.05) is 24.1 Å². The predicted molar refractivity (Wildman–Crippen MR) is 102 cm³/mol. The third-order valence-corrected chi connectivity index (χ3v) is 5.15. The van der Waals surface area contributed by atoms with E-state index in [4.69, 9.17) is 9.15 Å². The van der Waals surface area contributed by atoms with Crippen LogP contribution in [-0.4, -0.2) is 35.2 Å².